The van der Waals surface area contributed by atoms with E-state index >= 15 is 0 Å². The molecular weight excluding hydrogens is 312 g/mol. The minimum Gasteiger partial charge on any atom is -0.374 e. The SMILES string of the molecule is NC(CC(=O)Nc1ccc(COC2CCCC2)cc1)c1ccccc1. The van der Waals surface area contributed by atoms with E-state index in [2.05, 4.69) is 5.32 Å². The van der Waals surface area contributed by atoms with E-state index in [0.29, 0.717) is 12.7 Å². The second-order valence-electron chi connectivity index (χ2n) is 6.68. The number of anilines is 1. The van der Waals surface area contributed by atoms with Crippen molar-refractivity contribution in [3.8, 4) is 0 Å². The lowest BCUT2D eigenvalue weighted by Crippen LogP contribution is -2.20. The number of benzene rings is 2. The van der Waals surface area contributed by atoms with Crippen LogP contribution in [0.2, 0.25) is 0 Å². The topological polar surface area (TPSA) is 64.4 Å². The summed E-state index contributed by atoms with van der Waals surface area (Å²) in [6.45, 7) is 0.637. The van der Waals surface area contributed by atoms with E-state index in [-0.39, 0.29) is 18.4 Å². The number of rotatable bonds is 7. The van der Waals surface area contributed by atoms with Crippen LogP contribution in [0.4, 0.5) is 5.69 Å². The predicted octanol–water partition coefficient (Wildman–Crippen LogP) is 4.17. The maximum atomic E-state index is 12.2. The van der Waals surface area contributed by atoms with Crippen molar-refractivity contribution in [2.75, 3.05) is 5.32 Å². The molecule has 0 aliphatic heterocycles. The van der Waals surface area contributed by atoms with Crippen molar-refractivity contribution >= 4 is 11.6 Å². The normalized spacial score (nSPS) is 15.9. The number of carbonyl (C=O) groups is 1. The van der Waals surface area contributed by atoms with Crippen LogP contribution >= 0.6 is 0 Å². The molecule has 0 bridgehead atoms. The fourth-order valence-electron chi connectivity index (χ4n) is 3.18. The highest BCUT2D eigenvalue weighted by atomic mass is 16.5. The molecule has 1 saturated carbocycles. The van der Waals surface area contributed by atoms with Crippen LogP contribution in [-0.4, -0.2) is 12.0 Å². The molecule has 1 unspecified atom stereocenters. The Morgan fingerprint density at radius 2 is 1.76 bits per heavy atom. The summed E-state index contributed by atoms with van der Waals surface area (Å²) >= 11 is 0. The fraction of sp³-hybridized carbons (Fsp3) is 0.381. The molecule has 132 valence electrons. The van der Waals surface area contributed by atoms with E-state index in [1.807, 2.05) is 54.6 Å². The number of nitrogens with one attached hydrogen (secondary N) is 1. The van der Waals surface area contributed by atoms with Crippen molar-refractivity contribution in [2.45, 2.75) is 50.9 Å². The minimum atomic E-state index is -0.291. The number of amides is 1. The summed E-state index contributed by atoms with van der Waals surface area (Å²) in [5.41, 5.74) is 8.98. The summed E-state index contributed by atoms with van der Waals surface area (Å²) in [5.74, 6) is -0.0775. The van der Waals surface area contributed by atoms with Gasteiger partial charge in [-0.1, -0.05) is 55.3 Å². The van der Waals surface area contributed by atoms with Gasteiger partial charge in [0.05, 0.1) is 12.7 Å². The third-order valence-electron chi connectivity index (χ3n) is 4.66. The molecule has 0 spiro atoms. The predicted molar refractivity (Wildman–Crippen MR) is 100 cm³/mol. The molecule has 1 atom stereocenters. The highest BCUT2D eigenvalue weighted by Gasteiger charge is 2.15. The smallest absolute Gasteiger partial charge is 0.226 e. The summed E-state index contributed by atoms with van der Waals surface area (Å²) in [6, 6.07) is 17.2. The third kappa shape index (κ3) is 5.41. The van der Waals surface area contributed by atoms with Crippen LogP contribution < -0.4 is 11.1 Å². The molecule has 0 heterocycles. The number of ether oxygens (including phenoxy) is 1. The zero-order valence-electron chi connectivity index (χ0n) is 14.5. The van der Waals surface area contributed by atoms with Crippen LogP contribution in [0.15, 0.2) is 54.6 Å². The van der Waals surface area contributed by atoms with E-state index in [9.17, 15) is 4.79 Å². The number of hydrogen-bond acceptors (Lipinski definition) is 3. The first-order valence-corrected chi connectivity index (χ1v) is 9.01. The lowest BCUT2D eigenvalue weighted by molar-refractivity contribution is -0.116. The van der Waals surface area contributed by atoms with Gasteiger partial charge in [-0.15, -0.1) is 0 Å². The van der Waals surface area contributed by atoms with Gasteiger partial charge >= 0.3 is 0 Å². The van der Waals surface area contributed by atoms with Crippen LogP contribution in [0, 0.1) is 0 Å². The molecule has 4 nitrogen and oxygen atoms in total. The molecule has 25 heavy (non-hydrogen) atoms. The Bertz CT molecular complexity index is 664. The van der Waals surface area contributed by atoms with E-state index < -0.39 is 0 Å². The van der Waals surface area contributed by atoms with Gasteiger partial charge in [-0.3, -0.25) is 4.79 Å². The molecule has 0 radical (unpaired) electrons. The minimum absolute atomic E-state index is 0.0775. The van der Waals surface area contributed by atoms with E-state index in [4.69, 9.17) is 10.5 Å². The monoisotopic (exact) mass is 338 g/mol. The summed E-state index contributed by atoms with van der Waals surface area (Å²) in [4.78, 5) is 12.2. The van der Waals surface area contributed by atoms with Crippen molar-refractivity contribution in [3.05, 3.63) is 65.7 Å². The number of hydrogen-bond donors (Lipinski definition) is 2. The maximum absolute atomic E-state index is 12.2. The summed E-state index contributed by atoms with van der Waals surface area (Å²) in [5, 5.41) is 2.91. The first-order valence-electron chi connectivity index (χ1n) is 9.01. The average molecular weight is 338 g/mol. The number of nitrogens with two attached hydrogens (primary N) is 1. The second kappa shape index (κ2) is 8.79. The van der Waals surface area contributed by atoms with E-state index in [1.54, 1.807) is 0 Å². The molecule has 1 aliphatic carbocycles. The Morgan fingerprint density at radius 1 is 1.08 bits per heavy atom. The Morgan fingerprint density at radius 3 is 2.44 bits per heavy atom. The zero-order chi connectivity index (χ0) is 17.5. The lowest BCUT2D eigenvalue weighted by Gasteiger charge is -2.13. The molecule has 3 N–H and O–H groups in total. The zero-order valence-corrected chi connectivity index (χ0v) is 14.5. The van der Waals surface area contributed by atoms with Crippen molar-refractivity contribution in [1.29, 1.82) is 0 Å². The van der Waals surface area contributed by atoms with Gasteiger partial charge in [-0.05, 0) is 36.1 Å². The Labute approximate surface area is 149 Å². The van der Waals surface area contributed by atoms with E-state index in [0.717, 1.165) is 16.8 Å². The molecule has 0 aromatic heterocycles. The van der Waals surface area contributed by atoms with Gasteiger partial charge in [0, 0.05) is 18.2 Å². The lowest BCUT2D eigenvalue weighted by atomic mass is 10.0. The van der Waals surface area contributed by atoms with Gasteiger partial charge in [0.25, 0.3) is 0 Å². The molecule has 2 aromatic rings. The number of carbonyl (C=O) groups excluding carboxylic acids is 1. The summed E-state index contributed by atoms with van der Waals surface area (Å²) in [7, 11) is 0. The van der Waals surface area contributed by atoms with Gasteiger partial charge in [-0.2, -0.15) is 0 Å². The summed E-state index contributed by atoms with van der Waals surface area (Å²) in [6.07, 6.45) is 5.59. The fourth-order valence-corrected chi connectivity index (χ4v) is 3.18. The Kier molecular flexibility index (Phi) is 6.20. The highest BCUT2D eigenvalue weighted by Crippen LogP contribution is 2.22. The largest absolute Gasteiger partial charge is 0.374 e. The molecule has 1 amide bonds. The molecule has 3 rings (SSSR count). The molecule has 4 heteroatoms. The average Bonchev–Trinajstić information content (AvgIpc) is 3.15. The highest BCUT2D eigenvalue weighted by molar-refractivity contribution is 5.91. The van der Waals surface area contributed by atoms with Crippen molar-refractivity contribution < 1.29 is 9.53 Å². The van der Waals surface area contributed by atoms with Crippen LogP contribution in [0.25, 0.3) is 0 Å². The van der Waals surface area contributed by atoms with Crippen LogP contribution in [0.5, 0.6) is 0 Å². The van der Waals surface area contributed by atoms with Gasteiger partial charge in [-0.25, -0.2) is 0 Å². The second-order valence-corrected chi connectivity index (χ2v) is 6.68. The van der Waals surface area contributed by atoms with Crippen molar-refractivity contribution in [2.24, 2.45) is 5.73 Å². The quantitative estimate of drug-likeness (QED) is 0.796. The third-order valence-corrected chi connectivity index (χ3v) is 4.66. The maximum Gasteiger partial charge on any atom is 0.226 e. The van der Waals surface area contributed by atoms with Gasteiger partial charge in [0.15, 0.2) is 0 Å². The molecule has 1 fully saturated rings. The van der Waals surface area contributed by atoms with E-state index in [1.165, 1.54) is 25.7 Å². The van der Waals surface area contributed by atoms with Crippen molar-refractivity contribution in [1.82, 2.24) is 0 Å². The summed E-state index contributed by atoms with van der Waals surface area (Å²) < 4.78 is 5.91. The molecule has 0 saturated heterocycles. The molecular formula is C21H26N2O2. The molecule has 2 aromatic carbocycles. The van der Waals surface area contributed by atoms with Crippen LogP contribution in [-0.2, 0) is 16.1 Å². The standard InChI is InChI=1S/C21H26N2O2/c22-20(17-6-2-1-3-7-17)14-21(24)23-18-12-10-16(11-13-18)15-25-19-8-4-5-9-19/h1-3,6-7,10-13,19-20H,4-5,8-9,14-15,22H2,(H,23,24). The van der Waals surface area contributed by atoms with Gasteiger partial charge in [0.1, 0.15) is 0 Å². The first kappa shape index (κ1) is 17.6. The molecule has 1 aliphatic rings. The van der Waals surface area contributed by atoms with Crippen LogP contribution in [0.1, 0.15) is 49.3 Å². The van der Waals surface area contributed by atoms with Gasteiger partial charge in [0.2, 0.25) is 5.91 Å². The van der Waals surface area contributed by atoms with Crippen LogP contribution in [0.3, 0.4) is 0 Å². The van der Waals surface area contributed by atoms with Gasteiger partial charge < -0.3 is 15.8 Å². The van der Waals surface area contributed by atoms with Crippen molar-refractivity contribution in [3.63, 3.8) is 0 Å². The first-order chi connectivity index (χ1) is 12.2. The Hall–Kier alpha value is -2.17. The Balaban J connectivity index is 1.46.